The molecule has 16 heavy (non-hydrogen) atoms. The van der Waals surface area contributed by atoms with E-state index in [9.17, 15) is 4.79 Å². The molecular formula is C13H13BrOS. The van der Waals surface area contributed by atoms with Gasteiger partial charge in [0.2, 0.25) is 0 Å². The molecular weight excluding hydrogens is 284 g/mol. The number of hydrogen-bond acceptors (Lipinski definition) is 2. The van der Waals surface area contributed by atoms with E-state index < -0.39 is 0 Å². The zero-order valence-electron chi connectivity index (χ0n) is 9.13. The minimum absolute atomic E-state index is 0.155. The monoisotopic (exact) mass is 296 g/mol. The van der Waals surface area contributed by atoms with Crippen LogP contribution in [0.3, 0.4) is 0 Å². The molecule has 84 valence electrons. The first kappa shape index (κ1) is 13.3. The van der Waals surface area contributed by atoms with Crippen molar-refractivity contribution in [3.8, 4) is 11.8 Å². The number of thioether (sulfide) groups is 1. The van der Waals surface area contributed by atoms with Crippen molar-refractivity contribution in [1.82, 2.24) is 0 Å². The fourth-order valence-electron chi connectivity index (χ4n) is 1.16. The SMILES string of the molecule is CC(=O)SCCC#Cc1ccccc1CBr. The summed E-state index contributed by atoms with van der Waals surface area (Å²) in [6.45, 7) is 1.58. The van der Waals surface area contributed by atoms with Crippen molar-refractivity contribution in [2.45, 2.75) is 18.7 Å². The van der Waals surface area contributed by atoms with Gasteiger partial charge in [-0.3, -0.25) is 4.79 Å². The van der Waals surface area contributed by atoms with Crippen LogP contribution in [0.4, 0.5) is 0 Å². The van der Waals surface area contributed by atoms with Gasteiger partial charge in [0.25, 0.3) is 0 Å². The van der Waals surface area contributed by atoms with Crippen LogP contribution in [-0.4, -0.2) is 10.9 Å². The van der Waals surface area contributed by atoms with Gasteiger partial charge in [0, 0.05) is 30.0 Å². The predicted octanol–water partition coefficient (Wildman–Crippen LogP) is 3.60. The smallest absolute Gasteiger partial charge is 0.185 e. The fraction of sp³-hybridized carbons (Fsp3) is 0.308. The van der Waals surface area contributed by atoms with Crippen LogP contribution in [-0.2, 0) is 10.1 Å². The molecule has 0 aliphatic rings. The highest BCUT2D eigenvalue weighted by molar-refractivity contribution is 9.08. The normalized spacial score (nSPS) is 9.38. The lowest BCUT2D eigenvalue weighted by atomic mass is 10.1. The first-order valence-corrected chi connectivity index (χ1v) is 7.11. The van der Waals surface area contributed by atoms with Crippen LogP contribution in [0.25, 0.3) is 0 Å². The summed E-state index contributed by atoms with van der Waals surface area (Å²) in [5.41, 5.74) is 2.27. The van der Waals surface area contributed by atoms with Crippen LogP contribution in [0.1, 0.15) is 24.5 Å². The predicted molar refractivity (Wildman–Crippen MR) is 73.7 cm³/mol. The summed E-state index contributed by atoms with van der Waals surface area (Å²) in [7, 11) is 0. The number of hydrogen-bond donors (Lipinski definition) is 0. The lowest BCUT2D eigenvalue weighted by molar-refractivity contribution is -0.109. The van der Waals surface area contributed by atoms with Crippen LogP contribution >= 0.6 is 27.7 Å². The minimum atomic E-state index is 0.155. The second-order valence-electron chi connectivity index (χ2n) is 3.18. The highest BCUT2D eigenvalue weighted by Crippen LogP contribution is 2.11. The van der Waals surface area contributed by atoms with Crippen molar-refractivity contribution in [3.05, 3.63) is 35.4 Å². The van der Waals surface area contributed by atoms with Gasteiger partial charge in [-0.1, -0.05) is 57.7 Å². The molecule has 0 aromatic heterocycles. The third-order valence-electron chi connectivity index (χ3n) is 1.92. The van der Waals surface area contributed by atoms with Crippen molar-refractivity contribution >= 4 is 32.8 Å². The number of carbonyl (C=O) groups excluding carboxylic acids is 1. The molecule has 0 aliphatic heterocycles. The zero-order valence-corrected chi connectivity index (χ0v) is 11.5. The molecule has 1 rings (SSSR count). The lowest BCUT2D eigenvalue weighted by Crippen LogP contribution is -1.86. The lowest BCUT2D eigenvalue weighted by Gasteiger charge is -1.98. The third kappa shape index (κ3) is 4.87. The van der Waals surface area contributed by atoms with Crippen molar-refractivity contribution in [3.63, 3.8) is 0 Å². The quantitative estimate of drug-likeness (QED) is 0.482. The summed E-state index contributed by atoms with van der Waals surface area (Å²) in [6, 6.07) is 8.07. The molecule has 0 saturated carbocycles. The third-order valence-corrected chi connectivity index (χ3v) is 3.34. The zero-order chi connectivity index (χ0) is 11.8. The molecule has 1 aromatic carbocycles. The fourth-order valence-corrected chi connectivity index (χ4v) is 2.14. The van der Waals surface area contributed by atoms with Crippen LogP contribution < -0.4 is 0 Å². The van der Waals surface area contributed by atoms with E-state index in [1.54, 1.807) is 6.92 Å². The first-order valence-electron chi connectivity index (χ1n) is 5.00. The van der Waals surface area contributed by atoms with E-state index in [-0.39, 0.29) is 5.12 Å². The highest BCUT2D eigenvalue weighted by Gasteiger charge is 1.95. The number of alkyl halides is 1. The summed E-state index contributed by atoms with van der Waals surface area (Å²) >= 11 is 4.76. The van der Waals surface area contributed by atoms with Crippen molar-refractivity contribution < 1.29 is 4.79 Å². The Hall–Kier alpha value is -0.720. The maximum absolute atomic E-state index is 10.7. The van der Waals surface area contributed by atoms with E-state index >= 15 is 0 Å². The van der Waals surface area contributed by atoms with Gasteiger partial charge in [0.1, 0.15) is 0 Å². The van der Waals surface area contributed by atoms with Crippen molar-refractivity contribution in [2.75, 3.05) is 5.75 Å². The number of halogens is 1. The topological polar surface area (TPSA) is 17.1 Å². The summed E-state index contributed by atoms with van der Waals surface area (Å²) in [6.07, 6.45) is 0.751. The van der Waals surface area contributed by atoms with Crippen LogP contribution in [0.5, 0.6) is 0 Å². The maximum atomic E-state index is 10.7. The Bertz CT molecular complexity index is 417. The molecule has 0 saturated heterocycles. The van der Waals surface area contributed by atoms with E-state index in [4.69, 9.17) is 0 Å². The van der Waals surface area contributed by atoms with Gasteiger partial charge >= 0.3 is 0 Å². The van der Waals surface area contributed by atoms with E-state index in [2.05, 4.69) is 33.8 Å². The van der Waals surface area contributed by atoms with E-state index in [0.29, 0.717) is 0 Å². The molecule has 0 N–H and O–H groups in total. The molecule has 0 fully saturated rings. The number of carbonyl (C=O) groups is 1. The Morgan fingerprint density at radius 1 is 1.44 bits per heavy atom. The van der Waals surface area contributed by atoms with Gasteiger partial charge < -0.3 is 0 Å². The first-order chi connectivity index (χ1) is 7.74. The van der Waals surface area contributed by atoms with Crippen molar-refractivity contribution in [1.29, 1.82) is 0 Å². The standard InChI is InChI=1S/C13H13BrOS/c1-11(15)16-9-5-4-7-12-6-2-3-8-13(12)10-14/h2-3,6,8H,5,9-10H2,1H3. The number of benzene rings is 1. The van der Waals surface area contributed by atoms with Gasteiger partial charge in [0.15, 0.2) is 5.12 Å². The van der Waals surface area contributed by atoms with Gasteiger partial charge in [-0.25, -0.2) is 0 Å². The van der Waals surface area contributed by atoms with Gasteiger partial charge in [-0.2, -0.15) is 0 Å². The molecule has 0 atom stereocenters. The Morgan fingerprint density at radius 2 is 2.19 bits per heavy atom. The summed E-state index contributed by atoms with van der Waals surface area (Å²) in [5.74, 6) is 7.00. The molecule has 0 bridgehead atoms. The van der Waals surface area contributed by atoms with E-state index in [1.807, 2.05) is 18.2 Å². The highest BCUT2D eigenvalue weighted by atomic mass is 79.9. The second-order valence-corrected chi connectivity index (χ2v) is 5.02. The molecule has 0 spiro atoms. The van der Waals surface area contributed by atoms with Crippen LogP contribution in [0.15, 0.2) is 24.3 Å². The Balaban J connectivity index is 2.52. The van der Waals surface area contributed by atoms with Gasteiger partial charge in [0.05, 0.1) is 0 Å². The average molecular weight is 297 g/mol. The average Bonchev–Trinajstić information content (AvgIpc) is 2.29. The van der Waals surface area contributed by atoms with Crippen LogP contribution in [0.2, 0.25) is 0 Å². The molecule has 3 heteroatoms. The van der Waals surface area contributed by atoms with Crippen molar-refractivity contribution in [2.24, 2.45) is 0 Å². The molecule has 0 heterocycles. The van der Waals surface area contributed by atoms with Gasteiger partial charge in [-0.15, -0.1) is 0 Å². The van der Waals surface area contributed by atoms with Gasteiger partial charge in [-0.05, 0) is 11.6 Å². The Morgan fingerprint density at radius 3 is 2.88 bits per heavy atom. The molecule has 1 aromatic rings. The second kappa shape index (κ2) is 7.54. The molecule has 0 radical (unpaired) electrons. The molecule has 0 unspecified atom stereocenters. The summed E-state index contributed by atoms with van der Waals surface area (Å²) < 4.78 is 0. The van der Waals surface area contributed by atoms with Crippen LogP contribution in [0, 0.1) is 11.8 Å². The van der Waals surface area contributed by atoms with E-state index in [0.717, 1.165) is 23.1 Å². The minimum Gasteiger partial charge on any atom is -0.288 e. The van der Waals surface area contributed by atoms with E-state index in [1.165, 1.54) is 17.3 Å². The number of rotatable bonds is 3. The molecule has 1 nitrogen and oxygen atoms in total. The Kier molecular flexibility index (Phi) is 6.29. The summed E-state index contributed by atoms with van der Waals surface area (Å²) in [5, 5.41) is 0.975. The molecule has 0 aliphatic carbocycles. The molecule has 0 amide bonds. The largest absolute Gasteiger partial charge is 0.288 e. The summed E-state index contributed by atoms with van der Waals surface area (Å²) in [4.78, 5) is 10.7. The Labute approximate surface area is 109 Å². The maximum Gasteiger partial charge on any atom is 0.185 e.